The zero-order valence-electron chi connectivity index (χ0n) is 10.1. The molecule has 0 saturated heterocycles. The van der Waals surface area contributed by atoms with Gasteiger partial charge in [-0.15, -0.1) is 0 Å². The number of benzene rings is 1. The van der Waals surface area contributed by atoms with Crippen LogP contribution in [0.1, 0.15) is 31.1 Å². The maximum Gasteiger partial charge on any atom is 0.251 e. The van der Waals surface area contributed by atoms with Gasteiger partial charge in [-0.1, -0.05) is 37.0 Å². The van der Waals surface area contributed by atoms with Crippen molar-refractivity contribution in [3.8, 4) is 0 Å². The fourth-order valence-electron chi connectivity index (χ4n) is 1.20. The number of anilines is 1. The third kappa shape index (κ3) is 3.51. The molecule has 0 spiro atoms. The molecular formula is C12H16Cl2N2O. The largest absolute Gasteiger partial charge is 0.397 e. The van der Waals surface area contributed by atoms with Crippen molar-refractivity contribution in [1.29, 1.82) is 0 Å². The molecule has 3 N–H and O–H groups in total. The van der Waals surface area contributed by atoms with Crippen molar-refractivity contribution in [2.75, 3.05) is 5.73 Å². The lowest BCUT2D eigenvalue weighted by atomic mass is 10.1. The number of nitrogens with two attached hydrogens (primary N) is 1. The first-order valence-electron chi connectivity index (χ1n) is 5.38. The summed E-state index contributed by atoms with van der Waals surface area (Å²) in [6, 6.07) is 3.12. The number of halogens is 2. The standard InChI is InChI=1S/C12H16Cl2N2O/c1-6(2)7(3)16-12(17)8-4-9(13)11(14)10(15)5-8/h4-7H,15H2,1-3H3,(H,16,17). The van der Waals surface area contributed by atoms with Gasteiger partial charge in [-0.25, -0.2) is 0 Å². The van der Waals surface area contributed by atoms with Crippen molar-refractivity contribution < 1.29 is 4.79 Å². The van der Waals surface area contributed by atoms with E-state index in [1.165, 1.54) is 12.1 Å². The van der Waals surface area contributed by atoms with Crippen LogP contribution in [0.3, 0.4) is 0 Å². The predicted octanol–water partition coefficient (Wildman–Crippen LogP) is 3.35. The van der Waals surface area contributed by atoms with E-state index < -0.39 is 0 Å². The van der Waals surface area contributed by atoms with Gasteiger partial charge in [-0.2, -0.15) is 0 Å². The molecule has 0 radical (unpaired) electrons. The molecule has 1 aromatic rings. The molecule has 1 unspecified atom stereocenters. The molecule has 1 rings (SSSR count). The Morgan fingerprint density at radius 3 is 2.35 bits per heavy atom. The van der Waals surface area contributed by atoms with E-state index in [2.05, 4.69) is 5.32 Å². The predicted molar refractivity (Wildman–Crippen MR) is 72.6 cm³/mol. The van der Waals surface area contributed by atoms with Crippen molar-refractivity contribution >= 4 is 34.8 Å². The number of nitrogens with one attached hydrogen (secondary N) is 1. The van der Waals surface area contributed by atoms with E-state index in [9.17, 15) is 4.79 Å². The molecular weight excluding hydrogens is 259 g/mol. The normalized spacial score (nSPS) is 12.6. The van der Waals surface area contributed by atoms with Crippen LogP contribution in [0, 0.1) is 5.92 Å². The summed E-state index contributed by atoms with van der Waals surface area (Å²) in [5.41, 5.74) is 6.38. The SMILES string of the molecule is CC(C)C(C)NC(=O)c1cc(N)c(Cl)c(Cl)c1. The highest BCUT2D eigenvalue weighted by atomic mass is 35.5. The Hall–Kier alpha value is -0.930. The highest BCUT2D eigenvalue weighted by Crippen LogP contribution is 2.29. The first-order valence-corrected chi connectivity index (χ1v) is 6.14. The lowest BCUT2D eigenvalue weighted by Crippen LogP contribution is -2.36. The number of hydrogen-bond acceptors (Lipinski definition) is 2. The summed E-state index contributed by atoms with van der Waals surface area (Å²) in [6.07, 6.45) is 0. The number of rotatable bonds is 3. The number of carbonyl (C=O) groups is 1. The van der Waals surface area contributed by atoms with Gasteiger partial charge >= 0.3 is 0 Å². The molecule has 0 aliphatic carbocycles. The van der Waals surface area contributed by atoms with Crippen LogP contribution in [-0.4, -0.2) is 11.9 Å². The Morgan fingerprint density at radius 2 is 1.88 bits per heavy atom. The van der Waals surface area contributed by atoms with E-state index >= 15 is 0 Å². The third-order valence-electron chi connectivity index (χ3n) is 2.68. The molecule has 0 aliphatic heterocycles. The third-order valence-corrected chi connectivity index (χ3v) is 3.49. The quantitative estimate of drug-likeness (QED) is 0.831. The van der Waals surface area contributed by atoms with E-state index in [0.29, 0.717) is 17.2 Å². The fourth-order valence-corrected chi connectivity index (χ4v) is 1.53. The van der Waals surface area contributed by atoms with Gasteiger partial charge < -0.3 is 11.1 Å². The van der Waals surface area contributed by atoms with Crippen LogP contribution in [-0.2, 0) is 0 Å². The number of carbonyl (C=O) groups excluding carboxylic acids is 1. The Kier molecular flexibility index (Phi) is 4.66. The van der Waals surface area contributed by atoms with Crippen LogP contribution < -0.4 is 11.1 Å². The average molecular weight is 275 g/mol. The highest BCUT2D eigenvalue weighted by molar-refractivity contribution is 6.43. The Balaban J connectivity index is 2.90. The minimum Gasteiger partial charge on any atom is -0.397 e. The molecule has 0 aliphatic rings. The molecule has 1 atom stereocenters. The van der Waals surface area contributed by atoms with Gasteiger partial charge in [0.05, 0.1) is 15.7 Å². The van der Waals surface area contributed by atoms with Gasteiger partial charge in [-0.05, 0) is 25.0 Å². The second-order valence-electron chi connectivity index (χ2n) is 4.37. The van der Waals surface area contributed by atoms with Crippen LogP contribution in [0.4, 0.5) is 5.69 Å². The highest BCUT2D eigenvalue weighted by Gasteiger charge is 2.15. The lowest BCUT2D eigenvalue weighted by molar-refractivity contribution is 0.0930. The minimum atomic E-state index is -0.198. The Morgan fingerprint density at radius 1 is 1.29 bits per heavy atom. The molecule has 17 heavy (non-hydrogen) atoms. The van der Waals surface area contributed by atoms with Crippen LogP contribution in [0.25, 0.3) is 0 Å². The van der Waals surface area contributed by atoms with E-state index in [-0.39, 0.29) is 22.0 Å². The summed E-state index contributed by atoms with van der Waals surface area (Å²) >= 11 is 11.7. The van der Waals surface area contributed by atoms with E-state index in [0.717, 1.165) is 0 Å². The van der Waals surface area contributed by atoms with Crippen molar-refractivity contribution in [3.63, 3.8) is 0 Å². The van der Waals surface area contributed by atoms with E-state index in [1.54, 1.807) is 0 Å². The van der Waals surface area contributed by atoms with E-state index in [1.807, 2.05) is 20.8 Å². The second-order valence-corrected chi connectivity index (χ2v) is 5.15. The molecule has 0 aromatic heterocycles. The summed E-state index contributed by atoms with van der Waals surface area (Å²) in [4.78, 5) is 11.9. The zero-order chi connectivity index (χ0) is 13.2. The van der Waals surface area contributed by atoms with Gasteiger partial charge in [0.25, 0.3) is 5.91 Å². The zero-order valence-corrected chi connectivity index (χ0v) is 11.6. The van der Waals surface area contributed by atoms with Crippen LogP contribution in [0.5, 0.6) is 0 Å². The maximum absolute atomic E-state index is 11.9. The average Bonchev–Trinajstić information content (AvgIpc) is 2.24. The Labute approximate surface area is 111 Å². The van der Waals surface area contributed by atoms with Crippen LogP contribution in [0.2, 0.25) is 10.0 Å². The van der Waals surface area contributed by atoms with Crippen LogP contribution >= 0.6 is 23.2 Å². The smallest absolute Gasteiger partial charge is 0.251 e. The van der Waals surface area contributed by atoms with Crippen LogP contribution in [0.15, 0.2) is 12.1 Å². The summed E-state index contributed by atoms with van der Waals surface area (Å²) < 4.78 is 0. The number of amides is 1. The first kappa shape index (κ1) is 14.1. The molecule has 0 fully saturated rings. The topological polar surface area (TPSA) is 55.1 Å². The lowest BCUT2D eigenvalue weighted by Gasteiger charge is -2.17. The van der Waals surface area contributed by atoms with Gasteiger partial charge in [-0.3, -0.25) is 4.79 Å². The second kappa shape index (κ2) is 5.61. The van der Waals surface area contributed by atoms with Gasteiger partial charge in [0.15, 0.2) is 0 Å². The molecule has 1 amide bonds. The van der Waals surface area contributed by atoms with Gasteiger partial charge in [0.2, 0.25) is 0 Å². The number of nitrogen functional groups attached to an aromatic ring is 1. The van der Waals surface area contributed by atoms with E-state index in [4.69, 9.17) is 28.9 Å². The summed E-state index contributed by atoms with van der Waals surface area (Å²) in [7, 11) is 0. The van der Waals surface area contributed by atoms with Crippen molar-refractivity contribution in [2.45, 2.75) is 26.8 Å². The summed E-state index contributed by atoms with van der Waals surface area (Å²) in [6.45, 7) is 6.02. The molecule has 1 aromatic carbocycles. The maximum atomic E-state index is 11.9. The molecule has 94 valence electrons. The van der Waals surface area contributed by atoms with Crippen molar-refractivity contribution in [1.82, 2.24) is 5.32 Å². The summed E-state index contributed by atoms with van der Waals surface area (Å²) in [5.74, 6) is 0.163. The minimum absolute atomic E-state index is 0.0816. The fraction of sp³-hybridized carbons (Fsp3) is 0.417. The first-order chi connectivity index (χ1) is 7.82. The van der Waals surface area contributed by atoms with Crippen molar-refractivity contribution in [3.05, 3.63) is 27.7 Å². The van der Waals surface area contributed by atoms with Gasteiger partial charge in [0, 0.05) is 11.6 Å². The molecule has 3 nitrogen and oxygen atoms in total. The molecule has 0 bridgehead atoms. The summed E-state index contributed by atoms with van der Waals surface area (Å²) in [5, 5.41) is 3.44. The van der Waals surface area contributed by atoms with Crippen molar-refractivity contribution in [2.24, 2.45) is 5.92 Å². The van der Waals surface area contributed by atoms with Gasteiger partial charge in [0.1, 0.15) is 0 Å². The monoisotopic (exact) mass is 274 g/mol. The Bertz CT molecular complexity index is 410. The molecule has 0 heterocycles. The molecule has 5 heteroatoms. The molecule has 0 saturated carbocycles. The number of hydrogen-bond donors (Lipinski definition) is 2.